The highest BCUT2D eigenvalue weighted by Gasteiger charge is 2.34. The number of anilines is 1. The van der Waals surface area contributed by atoms with Gasteiger partial charge < -0.3 is 10.4 Å². The minimum absolute atomic E-state index is 0.324. The molecule has 0 aromatic carbocycles. The lowest BCUT2D eigenvalue weighted by Gasteiger charge is -2.10. The smallest absolute Gasteiger partial charge is 0.339 e. The lowest BCUT2D eigenvalue weighted by Crippen LogP contribution is -2.12. The number of rotatable bonds is 3. The van der Waals surface area contributed by atoms with Crippen molar-refractivity contribution in [2.75, 3.05) is 5.32 Å². The fraction of sp³-hybridized carbons (Fsp3) is 0.538. The largest absolute Gasteiger partial charge is 0.478 e. The van der Waals surface area contributed by atoms with E-state index in [9.17, 15) is 9.90 Å². The Morgan fingerprint density at radius 2 is 2.29 bits per heavy atom. The van der Waals surface area contributed by atoms with Crippen molar-refractivity contribution in [2.24, 2.45) is 5.92 Å². The average Bonchev–Trinajstić information content (AvgIpc) is 2.78. The molecule has 0 spiro atoms. The van der Waals surface area contributed by atoms with Crippen molar-refractivity contribution >= 4 is 11.8 Å². The van der Waals surface area contributed by atoms with E-state index in [-0.39, 0.29) is 0 Å². The van der Waals surface area contributed by atoms with Crippen LogP contribution >= 0.6 is 0 Å². The van der Waals surface area contributed by atoms with Crippen molar-refractivity contribution in [3.63, 3.8) is 0 Å². The zero-order chi connectivity index (χ0) is 12.0. The summed E-state index contributed by atoms with van der Waals surface area (Å²) in [7, 11) is 0. The molecule has 0 radical (unpaired) electrons. The number of carboxylic acid groups (broad SMARTS) is 1. The van der Waals surface area contributed by atoms with E-state index in [2.05, 4.69) is 17.2 Å². The molecular weight excluding hydrogens is 216 g/mol. The summed E-state index contributed by atoms with van der Waals surface area (Å²) in [4.78, 5) is 15.7. The standard InChI is InChI=1S/C13H16N2O2/c1-7-5-11(7)15-12-9(13(16)17)6-8-3-2-4-10(8)14-12/h6-7,11H,2-5H2,1H3,(H,14,15)(H,16,17). The molecule has 17 heavy (non-hydrogen) atoms. The number of aromatic nitrogens is 1. The first-order chi connectivity index (χ1) is 8.15. The fourth-order valence-corrected chi connectivity index (χ4v) is 2.44. The van der Waals surface area contributed by atoms with Gasteiger partial charge in [0.05, 0.1) is 0 Å². The van der Waals surface area contributed by atoms with E-state index in [0.717, 1.165) is 36.9 Å². The van der Waals surface area contributed by atoms with Crippen molar-refractivity contribution in [2.45, 2.75) is 38.6 Å². The Bertz CT molecular complexity index is 485. The van der Waals surface area contributed by atoms with Gasteiger partial charge in [-0.25, -0.2) is 9.78 Å². The van der Waals surface area contributed by atoms with Gasteiger partial charge in [-0.1, -0.05) is 6.92 Å². The van der Waals surface area contributed by atoms with Crippen LogP contribution in [0.3, 0.4) is 0 Å². The summed E-state index contributed by atoms with van der Waals surface area (Å²) in [6, 6.07) is 2.20. The molecule has 1 aromatic rings. The normalized spacial score (nSPS) is 25.5. The molecule has 2 aliphatic rings. The van der Waals surface area contributed by atoms with Gasteiger partial charge in [-0.3, -0.25) is 0 Å². The van der Waals surface area contributed by atoms with Gasteiger partial charge in [0.1, 0.15) is 11.4 Å². The minimum Gasteiger partial charge on any atom is -0.478 e. The lowest BCUT2D eigenvalue weighted by molar-refractivity contribution is 0.0697. The van der Waals surface area contributed by atoms with Crippen molar-refractivity contribution in [1.82, 2.24) is 4.98 Å². The number of aryl methyl sites for hydroxylation is 2. The molecule has 1 aromatic heterocycles. The number of carbonyl (C=O) groups is 1. The number of fused-ring (bicyclic) bond motifs is 1. The second kappa shape index (κ2) is 3.72. The highest BCUT2D eigenvalue weighted by Crippen LogP contribution is 2.34. The van der Waals surface area contributed by atoms with Gasteiger partial charge in [-0.15, -0.1) is 0 Å². The third kappa shape index (κ3) is 1.88. The van der Waals surface area contributed by atoms with Crippen molar-refractivity contribution in [3.05, 3.63) is 22.9 Å². The van der Waals surface area contributed by atoms with Gasteiger partial charge >= 0.3 is 5.97 Å². The molecule has 4 nitrogen and oxygen atoms in total. The number of hydrogen-bond acceptors (Lipinski definition) is 3. The van der Waals surface area contributed by atoms with Crippen molar-refractivity contribution < 1.29 is 9.90 Å². The SMILES string of the molecule is CC1CC1Nc1nc2c(cc1C(=O)O)CCC2. The van der Waals surface area contributed by atoms with Crippen LogP contribution in [0.5, 0.6) is 0 Å². The van der Waals surface area contributed by atoms with Crippen LogP contribution in [0, 0.1) is 5.92 Å². The molecule has 4 heteroatoms. The van der Waals surface area contributed by atoms with E-state index >= 15 is 0 Å². The Balaban J connectivity index is 1.96. The van der Waals surface area contributed by atoms with Crippen LogP contribution < -0.4 is 5.32 Å². The van der Waals surface area contributed by atoms with Gasteiger partial charge in [0, 0.05) is 11.7 Å². The Morgan fingerprint density at radius 1 is 1.53 bits per heavy atom. The maximum Gasteiger partial charge on any atom is 0.339 e. The van der Waals surface area contributed by atoms with Gasteiger partial charge in [-0.2, -0.15) is 0 Å². The van der Waals surface area contributed by atoms with Crippen LogP contribution in [0.1, 0.15) is 41.4 Å². The highest BCUT2D eigenvalue weighted by molar-refractivity contribution is 5.93. The Morgan fingerprint density at radius 3 is 2.94 bits per heavy atom. The summed E-state index contributed by atoms with van der Waals surface area (Å²) < 4.78 is 0. The first-order valence-corrected chi connectivity index (χ1v) is 6.18. The van der Waals surface area contributed by atoms with Gasteiger partial charge in [0.25, 0.3) is 0 Å². The minimum atomic E-state index is -0.886. The van der Waals surface area contributed by atoms with E-state index in [4.69, 9.17) is 0 Å². The Kier molecular flexibility index (Phi) is 2.31. The predicted molar refractivity (Wildman–Crippen MR) is 64.4 cm³/mol. The molecule has 0 amide bonds. The van der Waals surface area contributed by atoms with Crippen LogP contribution in [0.15, 0.2) is 6.07 Å². The zero-order valence-corrected chi connectivity index (χ0v) is 9.86. The van der Waals surface area contributed by atoms with E-state index in [1.54, 1.807) is 6.07 Å². The molecule has 0 aliphatic heterocycles. The molecule has 90 valence electrons. The molecule has 2 unspecified atom stereocenters. The highest BCUT2D eigenvalue weighted by atomic mass is 16.4. The molecule has 1 heterocycles. The van der Waals surface area contributed by atoms with E-state index in [1.165, 1.54) is 0 Å². The summed E-state index contributed by atoms with van der Waals surface area (Å²) in [5.74, 6) is 0.308. The quantitative estimate of drug-likeness (QED) is 0.837. The molecule has 2 aliphatic carbocycles. The predicted octanol–water partition coefficient (Wildman–Crippen LogP) is 2.09. The van der Waals surface area contributed by atoms with Crippen LogP contribution in [0.4, 0.5) is 5.82 Å². The number of hydrogen-bond donors (Lipinski definition) is 2. The maximum absolute atomic E-state index is 11.2. The summed E-state index contributed by atoms with van der Waals surface area (Å²) >= 11 is 0. The van der Waals surface area contributed by atoms with E-state index < -0.39 is 5.97 Å². The topological polar surface area (TPSA) is 62.2 Å². The van der Waals surface area contributed by atoms with Crippen LogP contribution in [0.2, 0.25) is 0 Å². The summed E-state index contributed by atoms with van der Waals surface area (Å²) in [5, 5.41) is 12.5. The molecular formula is C13H16N2O2. The molecule has 2 N–H and O–H groups in total. The monoisotopic (exact) mass is 232 g/mol. The molecule has 0 saturated heterocycles. The molecule has 1 fully saturated rings. The molecule has 2 atom stereocenters. The van der Waals surface area contributed by atoms with Crippen LogP contribution in [-0.4, -0.2) is 22.1 Å². The number of nitrogens with zero attached hydrogens (tertiary/aromatic N) is 1. The first-order valence-electron chi connectivity index (χ1n) is 6.18. The molecule has 0 bridgehead atoms. The van der Waals surface area contributed by atoms with Crippen molar-refractivity contribution in [1.29, 1.82) is 0 Å². The third-order valence-electron chi connectivity index (χ3n) is 3.71. The first kappa shape index (κ1) is 10.6. The van der Waals surface area contributed by atoms with Gasteiger partial charge in [0.15, 0.2) is 0 Å². The number of nitrogens with one attached hydrogen (secondary N) is 1. The van der Waals surface area contributed by atoms with Crippen LogP contribution in [0.25, 0.3) is 0 Å². The van der Waals surface area contributed by atoms with Gasteiger partial charge in [0.2, 0.25) is 0 Å². The molecule has 1 saturated carbocycles. The summed E-state index contributed by atoms with van der Waals surface area (Å²) in [6.07, 6.45) is 4.13. The Labute approximate surface area is 100 Å². The number of aromatic carboxylic acids is 1. The van der Waals surface area contributed by atoms with E-state index in [1.807, 2.05) is 0 Å². The number of carboxylic acids is 1. The van der Waals surface area contributed by atoms with Gasteiger partial charge in [-0.05, 0) is 43.2 Å². The Hall–Kier alpha value is -1.58. The maximum atomic E-state index is 11.2. The molecule has 3 rings (SSSR count). The van der Waals surface area contributed by atoms with Crippen LogP contribution in [-0.2, 0) is 12.8 Å². The summed E-state index contributed by atoms with van der Waals surface area (Å²) in [5.41, 5.74) is 2.51. The zero-order valence-electron chi connectivity index (χ0n) is 9.86. The number of pyridine rings is 1. The second-order valence-electron chi connectivity index (χ2n) is 5.11. The lowest BCUT2D eigenvalue weighted by atomic mass is 10.1. The third-order valence-corrected chi connectivity index (χ3v) is 3.71. The van der Waals surface area contributed by atoms with E-state index in [0.29, 0.717) is 23.3 Å². The van der Waals surface area contributed by atoms with Crippen molar-refractivity contribution in [3.8, 4) is 0 Å². The fourth-order valence-electron chi connectivity index (χ4n) is 2.44. The second-order valence-corrected chi connectivity index (χ2v) is 5.11. The summed E-state index contributed by atoms with van der Waals surface area (Å²) in [6.45, 7) is 2.16. The average molecular weight is 232 g/mol.